The van der Waals surface area contributed by atoms with Crippen molar-refractivity contribution < 1.29 is 13.2 Å². The summed E-state index contributed by atoms with van der Waals surface area (Å²) >= 11 is 0. The number of benzene rings is 2. The molecular formula is C15H14ClNO4S. The van der Waals surface area contributed by atoms with Gasteiger partial charge in [0.1, 0.15) is 17.2 Å². The molecule has 7 heteroatoms. The minimum atomic E-state index is -3.79. The summed E-state index contributed by atoms with van der Waals surface area (Å²) in [6.07, 6.45) is 0. The van der Waals surface area contributed by atoms with Gasteiger partial charge in [-0.05, 0) is 73.0 Å². The average Bonchev–Trinajstić information content (AvgIpc) is 2.42. The summed E-state index contributed by atoms with van der Waals surface area (Å²) in [6.45, 7) is 5.28. The normalized spacial score (nSPS) is 11.3. The molecule has 0 aromatic heterocycles. The van der Waals surface area contributed by atoms with Gasteiger partial charge in [-0.3, -0.25) is 0 Å². The number of ether oxygens (including phenoxy) is 1. The van der Waals surface area contributed by atoms with Crippen molar-refractivity contribution in [3.8, 4) is 11.5 Å². The maximum atomic E-state index is 11.4. The van der Waals surface area contributed by atoms with Gasteiger partial charge in [-0.25, -0.2) is 8.42 Å². The monoisotopic (exact) mass is 339 g/mol. The first-order chi connectivity index (χ1) is 10.2. The molecule has 2 aromatic rings. The summed E-state index contributed by atoms with van der Waals surface area (Å²) in [5.41, 5.74) is 2.37. The molecular weight excluding hydrogens is 326 g/mol. The molecule has 0 heterocycles. The van der Waals surface area contributed by atoms with Crippen molar-refractivity contribution in [3.63, 3.8) is 0 Å². The van der Waals surface area contributed by atoms with Crippen molar-refractivity contribution in [2.24, 2.45) is 5.18 Å². The number of hydrogen-bond acceptors (Lipinski definition) is 5. The van der Waals surface area contributed by atoms with Crippen LogP contribution in [0.1, 0.15) is 16.7 Å². The molecule has 0 fully saturated rings. The van der Waals surface area contributed by atoms with Gasteiger partial charge in [-0.15, -0.1) is 4.91 Å². The van der Waals surface area contributed by atoms with E-state index in [1.165, 1.54) is 12.1 Å². The number of nitrogens with zero attached hydrogens (tertiary/aromatic N) is 1. The van der Waals surface area contributed by atoms with Crippen LogP contribution in [0.2, 0.25) is 0 Å². The quantitative estimate of drug-likeness (QED) is 0.596. The van der Waals surface area contributed by atoms with Gasteiger partial charge < -0.3 is 4.74 Å². The van der Waals surface area contributed by atoms with Gasteiger partial charge in [0.2, 0.25) is 0 Å². The molecule has 0 aliphatic heterocycles. The number of halogens is 1. The lowest BCUT2D eigenvalue weighted by molar-refractivity contribution is 0.471. The molecule has 0 saturated heterocycles. The zero-order chi connectivity index (χ0) is 16.5. The zero-order valence-electron chi connectivity index (χ0n) is 12.3. The van der Waals surface area contributed by atoms with Gasteiger partial charge in [0, 0.05) is 10.7 Å². The van der Waals surface area contributed by atoms with Crippen LogP contribution in [0.3, 0.4) is 0 Å². The molecule has 2 aromatic carbocycles. The van der Waals surface area contributed by atoms with Crippen LogP contribution in [0, 0.1) is 25.7 Å². The largest absolute Gasteiger partial charge is 0.457 e. The molecule has 0 N–H and O–H groups in total. The fraction of sp³-hybridized carbons (Fsp3) is 0.200. The van der Waals surface area contributed by atoms with E-state index in [1.54, 1.807) is 39.0 Å². The number of rotatable bonds is 4. The van der Waals surface area contributed by atoms with E-state index in [9.17, 15) is 13.3 Å². The molecule has 0 amide bonds. The SMILES string of the molecule is Cc1cc(N=O)ccc1Oc1c(C)cc(S(=O)(=O)Cl)cc1C. The van der Waals surface area contributed by atoms with Crippen LogP contribution in [0.4, 0.5) is 5.69 Å². The average molecular weight is 340 g/mol. The Morgan fingerprint density at radius 2 is 1.59 bits per heavy atom. The molecule has 0 bridgehead atoms. The van der Waals surface area contributed by atoms with Gasteiger partial charge in [0.05, 0.1) is 4.90 Å². The van der Waals surface area contributed by atoms with Crippen molar-refractivity contribution >= 4 is 25.4 Å². The van der Waals surface area contributed by atoms with E-state index in [4.69, 9.17) is 15.4 Å². The maximum absolute atomic E-state index is 11.4. The molecule has 0 saturated carbocycles. The summed E-state index contributed by atoms with van der Waals surface area (Å²) in [4.78, 5) is 10.5. The van der Waals surface area contributed by atoms with Crippen LogP contribution in [0.15, 0.2) is 40.4 Å². The Morgan fingerprint density at radius 3 is 2.05 bits per heavy atom. The summed E-state index contributed by atoms with van der Waals surface area (Å²) < 4.78 is 28.7. The molecule has 22 heavy (non-hydrogen) atoms. The highest BCUT2D eigenvalue weighted by molar-refractivity contribution is 8.13. The number of aryl methyl sites for hydroxylation is 3. The highest BCUT2D eigenvalue weighted by Gasteiger charge is 2.16. The Labute approximate surface area is 133 Å². The highest BCUT2D eigenvalue weighted by Crippen LogP contribution is 2.34. The van der Waals surface area contributed by atoms with Gasteiger partial charge in [-0.2, -0.15) is 0 Å². The van der Waals surface area contributed by atoms with Crippen molar-refractivity contribution in [1.29, 1.82) is 0 Å². The van der Waals surface area contributed by atoms with E-state index in [2.05, 4.69) is 5.18 Å². The molecule has 0 unspecified atom stereocenters. The highest BCUT2D eigenvalue weighted by atomic mass is 35.7. The summed E-state index contributed by atoms with van der Waals surface area (Å²) in [6, 6.07) is 7.74. The van der Waals surface area contributed by atoms with Crippen LogP contribution in [-0.4, -0.2) is 8.42 Å². The second kappa shape index (κ2) is 6.06. The van der Waals surface area contributed by atoms with Gasteiger partial charge in [0.15, 0.2) is 0 Å². The third kappa shape index (κ3) is 3.45. The van der Waals surface area contributed by atoms with Crippen molar-refractivity contribution in [1.82, 2.24) is 0 Å². The van der Waals surface area contributed by atoms with Crippen LogP contribution in [-0.2, 0) is 9.05 Å². The van der Waals surface area contributed by atoms with Crippen molar-refractivity contribution in [3.05, 3.63) is 51.9 Å². The van der Waals surface area contributed by atoms with E-state index in [1.807, 2.05) is 0 Å². The molecule has 2 rings (SSSR count). The predicted molar refractivity (Wildman–Crippen MR) is 85.7 cm³/mol. The summed E-state index contributed by atoms with van der Waals surface area (Å²) in [5, 5.41) is 2.87. The minimum absolute atomic E-state index is 0.0359. The summed E-state index contributed by atoms with van der Waals surface area (Å²) in [7, 11) is 1.58. The fourth-order valence-corrected chi connectivity index (χ4v) is 3.03. The van der Waals surface area contributed by atoms with Crippen LogP contribution < -0.4 is 4.74 Å². The Kier molecular flexibility index (Phi) is 4.53. The van der Waals surface area contributed by atoms with Crippen molar-refractivity contribution in [2.45, 2.75) is 25.7 Å². The topological polar surface area (TPSA) is 72.8 Å². The van der Waals surface area contributed by atoms with Crippen molar-refractivity contribution in [2.75, 3.05) is 0 Å². The molecule has 0 atom stereocenters. The molecule has 0 aliphatic carbocycles. The van der Waals surface area contributed by atoms with E-state index in [0.29, 0.717) is 28.3 Å². The van der Waals surface area contributed by atoms with E-state index < -0.39 is 9.05 Å². The molecule has 0 aliphatic rings. The molecule has 5 nitrogen and oxygen atoms in total. The predicted octanol–water partition coefficient (Wildman–Crippen LogP) is 4.73. The van der Waals surface area contributed by atoms with Crippen LogP contribution >= 0.6 is 10.7 Å². The van der Waals surface area contributed by atoms with Gasteiger partial charge in [-0.1, -0.05) is 0 Å². The minimum Gasteiger partial charge on any atom is -0.457 e. The lowest BCUT2D eigenvalue weighted by atomic mass is 10.1. The summed E-state index contributed by atoms with van der Waals surface area (Å²) in [5.74, 6) is 1.12. The second-order valence-electron chi connectivity index (χ2n) is 4.97. The van der Waals surface area contributed by atoms with Crippen LogP contribution in [0.25, 0.3) is 0 Å². The second-order valence-corrected chi connectivity index (χ2v) is 7.53. The zero-order valence-corrected chi connectivity index (χ0v) is 13.8. The smallest absolute Gasteiger partial charge is 0.261 e. The Bertz CT molecular complexity index is 824. The first-order valence-electron chi connectivity index (χ1n) is 6.40. The molecule has 0 spiro atoms. The number of nitroso groups, excluding NO2 is 1. The first kappa shape index (κ1) is 16.5. The third-order valence-corrected chi connectivity index (χ3v) is 4.52. The number of hydrogen-bond donors (Lipinski definition) is 0. The lowest BCUT2D eigenvalue weighted by Gasteiger charge is -2.14. The molecule has 116 valence electrons. The Balaban J connectivity index is 2.45. The van der Waals surface area contributed by atoms with E-state index in [-0.39, 0.29) is 4.90 Å². The fourth-order valence-electron chi connectivity index (χ4n) is 2.13. The Hall–Kier alpha value is -1.92. The van der Waals surface area contributed by atoms with Crippen LogP contribution in [0.5, 0.6) is 11.5 Å². The van der Waals surface area contributed by atoms with Gasteiger partial charge >= 0.3 is 0 Å². The van der Waals surface area contributed by atoms with E-state index in [0.717, 1.165) is 5.56 Å². The molecule has 0 radical (unpaired) electrons. The standard InChI is InChI=1S/C15H14ClNO4S/c1-9-6-12(17-18)4-5-14(9)21-15-10(2)7-13(8-11(15)3)22(16,19)20/h4-8H,1-3H3. The first-order valence-corrected chi connectivity index (χ1v) is 8.71. The third-order valence-electron chi connectivity index (χ3n) is 3.19. The lowest BCUT2D eigenvalue weighted by Crippen LogP contribution is -1.97. The van der Waals surface area contributed by atoms with Gasteiger partial charge in [0.25, 0.3) is 9.05 Å². The van der Waals surface area contributed by atoms with E-state index >= 15 is 0 Å². The Morgan fingerprint density at radius 1 is 1.00 bits per heavy atom. The maximum Gasteiger partial charge on any atom is 0.261 e.